The van der Waals surface area contributed by atoms with E-state index in [1.165, 1.54) is 41.9 Å². The van der Waals surface area contributed by atoms with E-state index in [1.54, 1.807) is 22.7 Å². The van der Waals surface area contributed by atoms with Gasteiger partial charge in [-0.05, 0) is 71.0 Å². The third-order valence-electron chi connectivity index (χ3n) is 10.3. The van der Waals surface area contributed by atoms with Crippen molar-refractivity contribution in [3.63, 3.8) is 0 Å². The van der Waals surface area contributed by atoms with Gasteiger partial charge in [-0.1, -0.05) is 85.6 Å². The molecule has 0 amide bonds. The molecule has 0 atom stereocenters. The smallest absolute Gasteiger partial charge is 0.164 e. The number of furan rings is 1. The van der Waals surface area contributed by atoms with Crippen molar-refractivity contribution in [2.24, 2.45) is 10.8 Å². The van der Waals surface area contributed by atoms with Crippen molar-refractivity contribution in [1.29, 1.82) is 0 Å². The van der Waals surface area contributed by atoms with Gasteiger partial charge in [0.05, 0.1) is 4.70 Å². The van der Waals surface area contributed by atoms with E-state index < -0.39 is 0 Å². The number of hydrogen-bond acceptors (Lipinski definition) is 6. The number of ketones is 1. The number of nitrogens with zero attached hydrogens (tertiary/aromatic N) is 1. The van der Waals surface area contributed by atoms with Gasteiger partial charge in [0.25, 0.3) is 0 Å². The number of fused-ring (bicyclic) bond motifs is 6. The molecule has 6 aromatic rings. The van der Waals surface area contributed by atoms with Crippen LogP contribution in [0.3, 0.4) is 0 Å². The number of carbonyl (C=O) groups is 1. The molecular formula is C41H48IrNO3S2-. The summed E-state index contributed by atoms with van der Waals surface area (Å²) in [6, 6.07) is 16.7. The summed E-state index contributed by atoms with van der Waals surface area (Å²) in [6.45, 7) is 20.9. The Bertz CT molecular complexity index is 2100. The van der Waals surface area contributed by atoms with Crippen molar-refractivity contribution in [1.82, 2.24) is 4.98 Å². The predicted octanol–water partition coefficient (Wildman–Crippen LogP) is 13.1. The van der Waals surface area contributed by atoms with Crippen LogP contribution in [0.2, 0.25) is 0 Å². The molecule has 0 unspecified atom stereocenters. The Morgan fingerprint density at radius 3 is 2.23 bits per heavy atom. The van der Waals surface area contributed by atoms with Crippen molar-refractivity contribution >= 4 is 69.7 Å². The molecule has 1 N–H and O–H groups in total. The van der Waals surface area contributed by atoms with E-state index in [0.29, 0.717) is 0 Å². The monoisotopic (exact) mass is 859 g/mol. The molecule has 0 fully saturated rings. The number of thiophene rings is 2. The molecule has 4 heterocycles. The van der Waals surface area contributed by atoms with Crippen LogP contribution in [0, 0.1) is 23.8 Å². The van der Waals surface area contributed by atoms with E-state index in [4.69, 9.17) is 9.40 Å². The van der Waals surface area contributed by atoms with E-state index in [0.717, 1.165) is 53.7 Å². The molecular weight excluding hydrogens is 811 g/mol. The second kappa shape index (κ2) is 14.6. The largest absolute Gasteiger partial charge is 0.512 e. The Labute approximate surface area is 307 Å². The normalized spacial score (nSPS) is 12.8. The van der Waals surface area contributed by atoms with Gasteiger partial charge in [0.1, 0.15) is 11.5 Å². The Kier molecular flexibility index (Phi) is 11.5. The summed E-state index contributed by atoms with van der Waals surface area (Å²) in [5.74, 6) is 1.23. The summed E-state index contributed by atoms with van der Waals surface area (Å²) in [4.78, 5) is 17.0. The van der Waals surface area contributed by atoms with Crippen molar-refractivity contribution in [3.8, 4) is 11.3 Å². The summed E-state index contributed by atoms with van der Waals surface area (Å²) < 4.78 is 9.79. The van der Waals surface area contributed by atoms with E-state index >= 15 is 0 Å². The van der Waals surface area contributed by atoms with E-state index in [2.05, 4.69) is 68.6 Å². The van der Waals surface area contributed by atoms with Crippen LogP contribution in [0.15, 0.2) is 64.2 Å². The van der Waals surface area contributed by atoms with Crippen LogP contribution in [0.25, 0.3) is 52.5 Å². The number of aryl methyl sites for hydroxylation is 1. The van der Waals surface area contributed by atoms with Gasteiger partial charge < -0.3 is 9.52 Å². The van der Waals surface area contributed by atoms with Crippen LogP contribution in [0.4, 0.5) is 0 Å². The summed E-state index contributed by atoms with van der Waals surface area (Å²) in [7, 11) is 0. The number of carbonyl (C=O) groups excluding carboxylic acids is 1. The minimum absolute atomic E-state index is 0. The first-order chi connectivity index (χ1) is 22.2. The quantitative estimate of drug-likeness (QED) is 0.0941. The number of hydrogen-bond donors (Lipinski definition) is 1. The number of benzene rings is 2. The SMILES string of the molecule is CCC(C)(CC)C(=O)/C=C(\O)C(C)(CC)CC.Cc1cc2ccc3c(sc4ccnc(-c5[c-]c6ccsc6c(C(C)(C)C)c5)c43)c2o1.[Ir]. The molecule has 4 aromatic heterocycles. The molecule has 0 aliphatic carbocycles. The molecule has 0 saturated carbocycles. The van der Waals surface area contributed by atoms with Gasteiger partial charge in [0, 0.05) is 59.0 Å². The molecule has 7 heteroatoms. The molecule has 2 aromatic carbocycles. The predicted molar refractivity (Wildman–Crippen MR) is 203 cm³/mol. The zero-order valence-electron chi connectivity index (χ0n) is 29.9. The fourth-order valence-corrected chi connectivity index (χ4v) is 8.25. The van der Waals surface area contributed by atoms with E-state index in [9.17, 15) is 9.90 Å². The van der Waals surface area contributed by atoms with Gasteiger partial charge in [0.2, 0.25) is 0 Å². The summed E-state index contributed by atoms with van der Waals surface area (Å²) in [5, 5.41) is 17.0. The first-order valence-corrected chi connectivity index (χ1v) is 18.5. The summed E-state index contributed by atoms with van der Waals surface area (Å²) in [5.41, 5.74) is 3.84. The molecule has 257 valence electrons. The molecule has 0 saturated heterocycles. The van der Waals surface area contributed by atoms with Gasteiger partial charge in [-0.2, -0.15) is 11.3 Å². The molecule has 48 heavy (non-hydrogen) atoms. The second-order valence-corrected chi connectivity index (χ2v) is 16.3. The third kappa shape index (κ3) is 7.07. The Morgan fingerprint density at radius 1 is 0.938 bits per heavy atom. The maximum atomic E-state index is 12.2. The second-order valence-electron chi connectivity index (χ2n) is 14.3. The van der Waals surface area contributed by atoms with Gasteiger partial charge >= 0.3 is 0 Å². The zero-order valence-corrected chi connectivity index (χ0v) is 33.9. The Balaban J connectivity index is 0.000000251. The van der Waals surface area contributed by atoms with Crippen LogP contribution in [-0.4, -0.2) is 15.9 Å². The molecule has 0 aliphatic heterocycles. The van der Waals surface area contributed by atoms with Crippen molar-refractivity contribution < 1.29 is 34.4 Å². The van der Waals surface area contributed by atoms with Crippen LogP contribution < -0.4 is 0 Å². The van der Waals surface area contributed by atoms with E-state index in [-0.39, 0.29) is 47.9 Å². The number of aliphatic hydroxyl groups is 1. The number of aliphatic hydroxyl groups excluding tert-OH is 1. The van der Waals surface area contributed by atoms with Crippen molar-refractivity contribution in [2.45, 2.75) is 100 Å². The fourth-order valence-electron chi connectivity index (χ4n) is 5.98. The maximum absolute atomic E-state index is 12.2. The molecule has 0 spiro atoms. The zero-order chi connectivity index (χ0) is 34.3. The van der Waals surface area contributed by atoms with Crippen LogP contribution in [0.5, 0.6) is 0 Å². The molecule has 6 rings (SSSR count). The number of allylic oxidation sites excluding steroid dienone is 2. The molecule has 4 nitrogen and oxygen atoms in total. The molecule has 0 bridgehead atoms. The van der Waals surface area contributed by atoms with E-state index in [1.807, 2.05) is 54.7 Å². The van der Waals surface area contributed by atoms with Gasteiger partial charge in [-0.25, -0.2) is 0 Å². The Hall–Kier alpha value is -2.83. The number of pyridine rings is 1. The van der Waals surface area contributed by atoms with Crippen molar-refractivity contribution in [3.05, 3.63) is 77.2 Å². The topological polar surface area (TPSA) is 63.3 Å². The van der Waals surface area contributed by atoms with Crippen LogP contribution in [0.1, 0.15) is 99.3 Å². The average molecular weight is 859 g/mol. The van der Waals surface area contributed by atoms with Gasteiger partial charge in [-0.3, -0.25) is 9.78 Å². The summed E-state index contributed by atoms with van der Waals surface area (Å²) >= 11 is 3.58. The maximum Gasteiger partial charge on any atom is 0.164 e. The van der Waals surface area contributed by atoms with Crippen LogP contribution in [-0.2, 0) is 30.3 Å². The average Bonchev–Trinajstić information content (AvgIpc) is 3.79. The number of aromatic nitrogens is 1. The first kappa shape index (κ1) is 38.0. The van der Waals surface area contributed by atoms with Gasteiger partial charge in [0.15, 0.2) is 11.4 Å². The van der Waals surface area contributed by atoms with Gasteiger partial charge in [-0.15, -0.1) is 34.9 Å². The molecule has 1 radical (unpaired) electrons. The minimum atomic E-state index is -0.337. The Morgan fingerprint density at radius 2 is 1.60 bits per heavy atom. The van der Waals surface area contributed by atoms with Crippen LogP contribution >= 0.6 is 22.7 Å². The first-order valence-electron chi connectivity index (χ1n) is 16.8. The third-order valence-corrected chi connectivity index (χ3v) is 12.4. The fraction of sp³-hybridized carbons (Fsp3) is 0.415. The number of rotatable bonds is 8. The summed E-state index contributed by atoms with van der Waals surface area (Å²) in [6.07, 6.45) is 6.67. The molecule has 0 aliphatic rings. The minimum Gasteiger partial charge on any atom is -0.512 e. The standard InChI is InChI=1S/C26H20NOS2.C15H28O2.Ir/c1-14-11-15-5-6-18-21-20(30-25(18)23(15)28-14)7-9-27-22(21)17-12-16-8-10-29-24(16)19(13-17)26(2,3)4;1-7-14(5,8-2)12(16)11-13(17)15(6,9-3)10-4;/h5-11,13H,1-4H3;11,16H,7-10H2,1-6H3;/q-1;;/b;12-11-;. The van der Waals surface area contributed by atoms with Crippen molar-refractivity contribution in [2.75, 3.05) is 0 Å².